The van der Waals surface area contributed by atoms with Crippen molar-refractivity contribution in [3.8, 4) is 0 Å². The van der Waals surface area contributed by atoms with Gasteiger partial charge in [0, 0.05) is 23.3 Å². The molecule has 4 rings (SSSR count). The van der Waals surface area contributed by atoms with E-state index in [2.05, 4.69) is 5.32 Å². The number of halogens is 1. The Hall–Kier alpha value is -2.42. The van der Waals surface area contributed by atoms with Crippen molar-refractivity contribution < 1.29 is 18.0 Å². The average molecular weight is 476 g/mol. The van der Waals surface area contributed by atoms with Gasteiger partial charge in [-0.25, -0.2) is 8.42 Å². The van der Waals surface area contributed by atoms with Crippen LogP contribution < -0.4 is 10.2 Å². The summed E-state index contributed by atoms with van der Waals surface area (Å²) in [7, 11) is -3.95. The third-order valence-corrected chi connectivity index (χ3v) is 8.24. The summed E-state index contributed by atoms with van der Waals surface area (Å²) in [6, 6.07) is 14.6. The number of piperazine rings is 1. The van der Waals surface area contributed by atoms with E-state index in [1.165, 1.54) is 17.0 Å². The highest BCUT2D eigenvalue weighted by Gasteiger charge is 2.51. The number of nitrogens with zero attached hydrogens (tertiary/aromatic N) is 2. The molecule has 2 fully saturated rings. The van der Waals surface area contributed by atoms with Gasteiger partial charge in [-0.05, 0) is 56.2 Å². The van der Waals surface area contributed by atoms with Gasteiger partial charge < -0.3 is 5.32 Å². The molecular weight excluding hydrogens is 450 g/mol. The zero-order chi connectivity index (χ0) is 22.9. The highest BCUT2D eigenvalue weighted by Crippen LogP contribution is 2.33. The lowest BCUT2D eigenvalue weighted by Gasteiger charge is -2.47. The minimum Gasteiger partial charge on any atom is -0.351 e. The number of hydrogen-bond acceptors (Lipinski definition) is 4. The predicted molar refractivity (Wildman–Crippen MR) is 123 cm³/mol. The predicted octanol–water partition coefficient (Wildman–Crippen LogP) is 3.20. The van der Waals surface area contributed by atoms with Gasteiger partial charge in [0.2, 0.25) is 21.8 Å². The first-order valence-corrected chi connectivity index (χ1v) is 12.5. The summed E-state index contributed by atoms with van der Waals surface area (Å²) >= 11 is 6.01. The number of rotatable bonds is 5. The second kappa shape index (κ2) is 8.84. The Morgan fingerprint density at radius 2 is 1.69 bits per heavy atom. The smallest absolute Gasteiger partial charge is 0.247 e. The summed E-state index contributed by atoms with van der Waals surface area (Å²) in [5.74, 6) is -0.831. The number of carbonyl (C=O) groups is 2. The van der Waals surface area contributed by atoms with Crippen molar-refractivity contribution >= 4 is 39.1 Å². The molecule has 9 heteroatoms. The fraction of sp³-hybridized carbons (Fsp3) is 0.391. The normalized spacial score (nSPS) is 22.8. The van der Waals surface area contributed by atoms with Crippen LogP contribution in [0.15, 0.2) is 59.5 Å². The lowest BCUT2D eigenvalue weighted by molar-refractivity contribution is -0.133. The minimum atomic E-state index is -3.95. The quantitative estimate of drug-likeness (QED) is 0.719. The average Bonchev–Trinajstić information content (AvgIpc) is 3.28. The van der Waals surface area contributed by atoms with Gasteiger partial charge in [-0.2, -0.15) is 4.31 Å². The van der Waals surface area contributed by atoms with E-state index in [1.54, 1.807) is 49.4 Å². The van der Waals surface area contributed by atoms with Crippen LogP contribution in [0.4, 0.5) is 5.69 Å². The molecule has 1 saturated heterocycles. The van der Waals surface area contributed by atoms with E-state index in [0.29, 0.717) is 10.7 Å². The van der Waals surface area contributed by atoms with Gasteiger partial charge in [0.1, 0.15) is 5.54 Å². The Morgan fingerprint density at radius 1 is 1.06 bits per heavy atom. The zero-order valence-electron chi connectivity index (χ0n) is 17.8. The van der Waals surface area contributed by atoms with Crippen molar-refractivity contribution in [3.05, 3.63) is 59.6 Å². The molecule has 0 aromatic heterocycles. The molecule has 1 aliphatic carbocycles. The van der Waals surface area contributed by atoms with E-state index < -0.39 is 21.5 Å². The van der Waals surface area contributed by atoms with Crippen LogP contribution in [0.2, 0.25) is 5.02 Å². The minimum absolute atomic E-state index is 0.0302. The molecule has 0 radical (unpaired) electrons. The van der Waals surface area contributed by atoms with Crippen LogP contribution in [0, 0.1) is 0 Å². The number of carbonyl (C=O) groups excluding carboxylic acids is 2. The van der Waals surface area contributed by atoms with Crippen molar-refractivity contribution in [2.75, 3.05) is 18.0 Å². The topological polar surface area (TPSA) is 86.8 Å². The molecule has 1 N–H and O–H groups in total. The van der Waals surface area contributed by atoms with Gasteiger partial charge in [-0.1, -0.05) is 42.6 Å². The van der Waals surface area contributed by atoms with Crippen LogP contribution in [0.1, 0.15) is 32.6 Å². The number of hydrogen-bond donors (Lipinski definition) is 1. The molecule has 2 aromatic carbocycles. The fourth-order valence-corrected chi connectivity index (χ4v) is 6.11. The first kappa shape index (κ1) is 22.8. The summed E-state index contributed by atoms with van der Waals surface area (Å²) < 4.78 is 27.7. The highest BCUT2D eigenvalue weighted by atomic mass is 35.5. The van der Waals surface area contributed by atoms with Gasteiger partial charge >= 0.3 is 0 Å². The molecular formula is C23H26ClN3O4S. The summed E-state index contributed by atoms with van der Waals surface area (Å²) in [6.45, 7) is 1.11. The van der Waals surface area contributed by atoms with Crippen LogP contribution in [-0.4, -0.2) is 49.2 Å². The van der Waals surface area contributed by atoms with E-state index in [4.69, 9.17) is 11.6 Å². The molecule has 32 heavy (non-hydrogen) atoms. The Morgan fingerprint density at radius 3 is 2.31 bits per heavy atom. The molecule has 1 saturated carbocycles. The number of sulfonamides is 1. The molecule has 170 valence electrons. The molecule has 2 aliphatic rings. The van der Waals surface area contributed by atoms with Crippen molar-refractivity contribution in [1.29, 1.82) is 0 Å². The monoisotopic (exact) mass is 475 g/mol. The van der Waals surface area contributed by atoms with Gasteiger partial charge in [-0.3, -0.25) is 14.5 Å². The molecule has 0 spiro atoms. The molecule has 2 aromatic rings. The molecule has 2 amide bonds. The molecule has 0 unspecified atom stereocenters. The van der Waals surface area contributed by atoms with Crippen molar-refractivity contribution in [3.63, 3.8) is 0 Å². The van der Waals surface area contributed by atoms with Crippen LogP contribution in [0.25, 0.3) is 0 Å². The molecule has 1 atom stereocenters. The van der Waals surface area contributed by atoms with E-state index in [0.717, 1.165) is 30.0 Å². The van der Waals surface area contributed by atoms with Gasteiger partial charge in [0.15, 0.2) is 0 Å². The first-order valence-electron chi connectivity index (χ1n) is 10.7. The van der Waals surface area contributed by atoms with E-state index >= 15 is 0 Å². The molecule has 7 nitrogen and oxygen atoms in total. The summed E-state index contributed by atoms with van der Waals surface area (Å²) in [6.07, 6.45) is 3.83. The van der Waals surface area contributed by atoms with E-state index in [1.807, 2.05) is 0 Å². The van der Waals surface area contributed by atoms with Crippen molar-refractivity contribution in [2.45, 2.75) is 49.1 Å². The van der Waals surface area contributed by atoms with Crippen molar-refractivity contribution in [2.24, 2.45) is 0 Å². The second-order valence-electron chi connectivity index (χ2n) is 8.52. The van der Waals surface area contributed by atoms with Crippen molar-refractivity contribution in [1.82, 2.24) is 9.62 Å². The van der Waals surface area contributed by atoms with Gasteiger partial charge in [0.05, 0.1) is 11.4 Å². The zero-order valence-corrected chi connectivity index (χ0v) is 19.4. The number of amides is 2. The summed E-state index contributed by atoms with van der Waals surface area (Å²) in [5.41, 5.74) is -0.923. The highest BCUT2D eigenvalue weighted by molar-refractivity contribution is 7.89. The fourth-order valence-electron chi connectivity index (χ4n) is 4.48. The Kier molecular flexibility index (Phi) is 6.29. The third-order valence-electron chi connectivity index (χ3n) is 6.18. The molecule has 0 bridgehead atoms. The summed E-state index contributed by atoms with van der Waals surface area (Å²) in [4.78, 5) is 28.4. The second-order valence-corrected chi connectivity index (χ2v) is 10.9. The Balaban J connectivity index is 1.72. The van der Waals surface area contributed by atoms with Gasteiger partial charge in [-0.15, -0.1) is 0 Å². The maximum atomic E-state index is 13.5. The standard InChI is InChI=1S/C23H26ClN3O4S/c1-23(22(29)25-18-7-5-6-8-18)16-26(32(30,31)20-9-3-2-4-10-20)15-21(28)27(23)19-13-11-17(24)12-14-19/h2-4,9-14,18H,5-8,15-16H2,1H3,(H,25,29)/t23-/m0/s1. The SMILES string of the molecule is C[C@@]1(C(=O)NC2CCCC2)CN(S(=O)(=O)c2ccccc2)CC(=O)N1c1ccc(Cl)cc1. The van der Waals surface area contributed by atoms with Crippen LogP contribution in [-0.2, 0) is 19.6 Å². The first-order chi connectivity index (χ1) is 15.2. The molecule has 1 aliphatic heterocycles. The summed E-state index contributed by atoms with van der Waals surface area (Å²) in [5, 5.41) is 3.56. The lowest BCUT2D eigenvalue weighted by atomic mass is 9.94. The van der Waals surface area contributed by atoms with E-state index in [9.17, 15) is 18.0 Å². The van der Waals surface area contributed by atoms with Gasteiger partial charge in [0.25, 0.3) is 0 Å². The van der Waals surface area contributed by atoms with E-state index in [-0.39, 0.29) is 29.9 Å². The maximum absolute atomic E-state index is 13.5. The largest absolute Gasteiger partial charge is 0.351 e. The Bertz CT molecular complexity index is 1100. The van der Waals surface area contributed by atoms with Crippen LogP contribution in [0.5, 0.6) is 0 Å². The molecule has 1 heterocycles. The third kappa shape index (κ3) is 4.27. The number of nitrogens with one attached hydrogen (secondary N) is 1. The number of benzene rings is 2. The van der Waals surface area contributed by atoms with Crippen LogP contribution >= 0.6 is 11.6 Å². The van der Waals surface area contributed by atoms with Crippen LogP contribution in [0.3, 0.4) is 0 Å². The lowest BCUT2D eigenvalue weighted by Crippen LogP contribution is -2.70. The Labute approximate surface area is 193 Å². The number of anilines is 1. The maximum Gasteiger partial charge on any atom is 0.247 e.